The van der Waals surface area contributed by atoms with Crippen molar-refractivity contribution in [2.75, 3.05) is 31.8 Å². The molecule has 0 saturated carbocycles. The average Bonchev–Trinajstić information content (AvgIpc) is 3.91. The van der Waals surface area contributed by atoms with E-state index in [0.29, 0.717) is 42.8 Å². The molecule has 3 amide bonds. The second-order valence-corrected chi connectivity index (χ2v) is 13.9. The van der Waals surface area contributed by atoms with Crippen LogP contribution in [0.25, 0.3) is 0 Å². The summed E-state index contributed by atoms with van der Waals surface area (Å²) in [6.45, 7) is 5.18. The number of ether oxygens (including phenoxy) is 4. The Morgan fingerprint density at radius 3 is 2.60 bits per heavy atom. The first-order chi connectivity index (χ1) is 24.6. The number of allylic oxidation sites excluding steroid dienone is 3. The molecule has 0 spiro atoms. The Bertz CT molecular complexity index is 1800. The van der Waals surface area contributed by atoms with E-state index in [1.165, 1.54) is 33.0 Å². The number of halogens is 3. The monoisotopic (exact) mass is 744 g/mol. The Labute approximate surface area is 305 Å². The van der Waals surface area contributed by atoms with Crippen LogP contribution in [0.4, 0.5) is 25.0 Å². The summed E-state index contributed by atoms with van der Waals surface area (Å²) in [5.74, 6) is -4.41. The topological polar surface area (TPSA) is 153 Å². The van der Waals surface area contributed by atoms with Crippen molar-refractivity contribution in [3.8, 4) is 5.75 Å². The Balaban J connectivity index is 1.45. The Morgan fingerprint density at radius 1 is 1.15 bits per heavy atom. The second kappa shape index (κ2) is 15.9. The third kappa shape index (κ3) is 8.50. The maximum atomic E-state index is 14.6. The molecule has 2 aromatic rings. The summed E-state index contributed by atoms with van der Waals surface area (Å²) >= 11 is 6.70. The van der Waals surface area contributed by atoms with Gasteiger partial charge in [-0.05, 0) is 50.5 Å². The highest BCUT2D eigenvalue weighted by Gasteiger charge is 2.54. The molecule has 2 fully saturated rings. The highest BCUT2D eigenvalue weighted by atomic mass is 35.5. The lowest BCUT2D eigenvalue weighted by molar-refractivity contribution is -0.155. The number of nitrogen functional groups attached to an aromatic ring is 1. The van der Waals surface area contributed by atoms with E-state index in [9.17, 15) is 28.0 Å². The summed E-state index contributed by atoms with van der Waals surface area (Å²) in [6, 6.07) is 3.44. The minimum absolute atomic E-state index is 0.196. The van der Waals surface area contributed by atoms with Gasteiger partial charge in [0.1, 0.15) is 46.8 Å². The fourth-order valence-corrected chi connectivity index (χ4v) is 6.74. The Morgan fingerprint density at radius 2 is 1.88 bits per heavy atom. The number of carbonyl (C=O) groups excluding carboxylic acids is 4. The van der Waals surface area contributed by atoms with Crippen LogP contribution in [-0.2, 0) is 30.2 Å². The van der Waals surface area contributed by atoms with Crippen LogP contribution in [0.5, 0.6) is 5.75 Å². The quantitative estimate of drug-likeness (QED) is 0.234. The van der Waals surface area contributed by atoms with Crippen molar-refractivity contribution in [2.24, 2.45) is 5.92 Å². The lowest BCUT2D eigenvalue weighted by Crippen LogP contribution is -2.48. The zero-order valence-corrected chi connectivity index (χ0v) is 30.5. The normalized spacial score (nSPS) is 27.2. The fourth-order valence-electron chi connectivity index (χ4n) is 6.43. The molecule has 3 aliphatic rings. The number of alkyl carbamates (subject to hydrolysis) is 1. The number of nitrogens with two attached hydrogens (primary N) is 1. The van der Waals surface area contributed by atoms with Crippen molar-refractivity contribution in [3.05, 3.63) is 75.9 Å². The summed E-state index contributed by atoms with van der Waals surface area (Å²) in [4.78, 5) is 55.5. The van der Waals surface area contributed by atoms with Crippen molar-refractivity contribution in [2.45, 2.75) is 83.0 Å². The third-order valence-electron chi connectivity index (χ3n) is 9.79. The minimum atomic E-state index is -1.29. The molecular weight excluding hydrogens is 702 g/mol. The Kier molecular flexibility index (Phi) is 11.8. The maximum Gasteiger partial charge on any atom is 0.407 e. The average molecular weight is 745 g/mol. The minimum Gasteiger partial charge on any atom is -0.495 e. The number of likely N-dealkylation sites (N-methyl/N-ethyl adjacent to an activating group) is 1. The van der Waals surface area contributed by atoms with E-state index in [1.54, 1.807) is 12.1 Å². The van der Waals surface area contributed by atoms with Gasteiger partial charge in [0.05, 0.1) is 36.6 Å². The molecule has 3 heterocycles. The molecule has 7 atom stereocenters. The van der Waals surface area contributed by atoms with Crippen molar-refractivity contribution in [3.63, 3.8) is 0 Å². The van der Waals surface area contributed by atoms with Crippen molar-refractivity contribution >= 4 is 46.9 Å². The zero-order valence-electron chi connectivity index (χ0n) is 29.8. The fraction of sp³-hybridized carbons (Fsp3) is 0.459. The number of amides is 3. The number of benzene rings is 2. The number of nitrogens with zero attached hydrogens (tertiary/aromatic N) is 2. The first kappa shape index (κ1) is 38.5. The molecule has 0 aromatic heterocycles. The molecule has 0 aliphatic carbocycles. The largest absolute Gasteiger partial charge is 0.495 e. The predicted octanol–water partition coefficient (Wildman–Crippen LogP) is 5.35. The van der Waals surface area contributed by atoms with Gasteiger partial charge < -0.3 is 39.8 Å². The molecule has 3 aliphatic heterocycles. The van der Waals surface area contributed by atoms with Crippen LogP contribution in [0, 0.1) is 17.6 Å². The van der Waals surface area contributed by atoms with Gasteiger partial charge in [0.15, 0.2) is 0 Å². The van der Waals surface area contributed by atoms with Crippen molar-refractivity contribution in [1.82, 2.24) is 10.2 Å². The van der Waals surface area contributed by atoms with E-state index in [0.717, 1.165) is 16.0 Å². The summed E-state index contributed by atoms with van der Waals surface area (Å²) in [6.07, 6.45) is 3.56. The summed E-state index contributed by atoms with van der Waals surface area (Å²) < 4.78 is 51.8. The van der Waals surface area contributed by atoms with Gasteiger partial charge in [-0.25, -0.2) is 18.4 Å². The standard InChI is InChI=1S/C37H43ClF2N4O8/c1-18-9-7-8-10-22-14-28(51-37(48)42-22)19(2)33-34(52-33)30(17-31(45)44(5)27-12-21(11-18)13-29(49-6)32(27)38)50-36(47)20(3)43(4)35(46)23-15-25(40)26(41)16-24(23)39/h7-9,12-13,15-16,19-20,22,28,30,33-34H,10-11,14,17,41H2,1-6H3,(H,42,48)/b8-7+,18-9+/t19-,20+,22?,28+,30+,33+,34+/m1/s1. The van der Waals surface area contributed by atoms with Crippen LogP contribution in [0.1, 0.15) is 56.0 Å². The smallest absolute Gasteiger partial charge is 0.407 e. The van der Waals surface area contributed by atoms with Crippen LogP contribution >= 0.6 is 11.6 Å². The number of fused-ring (bicyclic) bond motifs is 5. The highest BCUT2D eigenvalue weighted by Crippen LogP contribution is 2.40. The van der Waals surface area contributed by atoms with E-state index in [2.05, 4.69) is 5.32 Å². The molecule has 12 nitrogen and oxygen atoms in total. The molecule has 3 N–H and O–H groups in total. The highest BCUT2D eigenvalue weighted by molar-refractivity contribution is 6.35. The molecule has 5 rings (SSSR count). The van der Waals surface area contributed by atoms with Gasteiger partial charge in [-0.2, -0.15) is 0 Å². The molecule has 0 radical (unpaired) electrons. The number of rotatable bonds is 5. The number of hydrogen-bond acceptors (Lipinski definition) is 9. The Hall–Kier alpha value is -4.69. The van der Waals surface area contributed by atoms with Gasteiger partial charge in [0, 0.05) is 38.5 Å². The molecular formula is C37H43ClF2N4O8. The molecule has 1 unspecified atom stereocenters. The van der Waals surface area contributed by atoms with Gasteiger partial charge in [-0.1, -0.05) is 42.3 Å². The van der Waals surface area contributed by atoms with E-state index >= 15 is 0 Å². The van der Waals surface area contributed by atoms with Gasteiger partial charge >= 0.3 is 12.1 Å². The first-order valence-electron chi connectivity index (χ1n) is 16.9. The van der Waals surface area contributed by atoms with Gasteiger partial charge in [0.25, 0.3) is 5.91 Å². The predicted molar refractivity (Wildman–Crippen MR) is 189 cm³/mol. The number of epoxide rings is 1. The van der Waals surface area contributed by atoms with Crippen LogP contribution in [0.2, 0.25) is 5.02 Å². The number of methoxy groups -OCH3 is 1. The van der Waals surface area contributed by atoms with E-state index in [1.807, 2.05) is 32.1 Å². The molecule has 4 bridgehead atoms. The summed E-state index contributed by atoms with van der Waals surface area (Å²) in [7, 11) is 4.25. The number of nitrogens with one attached hydrogen (secondary N) is 1. The van der Waals surface area contributed by atoms with Crippen LogP contribution in [0.15, 0.2) is 48.1 Å². The van der Waals surface area contributed by atoms with Gasteiger partial charge in [-0.15, -0.1) is 0 Å². The van der Waals surface area contributed by atoms with E-state index in [-0.39, 0.29) is 23.4 Å². The first-order valence-corrected chi connectivity index (χ1v) is 17.3. The van der Waals surface area contributed by atoms with Crippen molar-refractivity contribution in [1.29, 1.82) is 0 Å². The summed E-state index contributed by atoms with van der Waals surface area (Å²) in [5, 5.41) is 3.06. The van der Waals surface area contributed by atoms with Crippen LogP contribution in [-0.4, -0.2) is 86.5 Å². The summed E-state index contributed by atoms with van der Waals surface area (Å²) in [5.41, 5.74) is 6.54. The molecule has 280 valence electrons. The molecule has 2 saturated heterocycles. The van der Waals surface area contributed by atoms with Crippen LogP contribution in [0.3, 0.4) is 0 Å². The number of carbonyl (C=O) groups is 4. The van der Waals surface area contributed by atoms with Gasteiger partial charge in [0.2, 0.25) is 5.91 Å². The third-order valence-corrected chi connectivity index (χ3v) is 10.2. The lowest BCUT2D eigenvalue weighted by Gasteiger charge is -2.33. The zero-order chi connectivity index (χ0) is 38.0. The molecule has 2 aromatic carbocycles. The molecule has 15 heteroatoms. The van der Waals surface area contributed by atoms with Crippen molar-refractivity contribution < 1.29 is 46.9 Å². The number of anilines is 2. The van der Waals surface area contributed by atoms with E-state index in [4.69, 9.17) is 36.3 Å². The second-order valence-electron chi connectivity index (χ2n) is 13.5. The number of hydrogen-bond donors (Lipinski definition) is 2. The molecule has 52 heavy (non-hydrogen) atoms. The van der Waals surface area contributed by atoms with Crippen LogP contribution < -0.4 is 20.7 Å². The van der Waals surface area contributed by atoms with Gasteiger partial charge in [-0.3, -0.25) is 9.59 Å². The van der Waals surface area contributed by atoms with E-state index < -0.39 is 77.2 Å². The SMILES string of the molecule is COc1cc2cc(c1Cl)N(C)C(=O)C[C@H](OC(=O)[C@H](C)N(C)C(=O)c1cc(F)c(N)cc1F)[C@@H]1O[C@H]1[C@H](C)[C@@H]1CC(C/C=C/C=C(\C)C2)NC(=O)O1. The maximum absolute atomic E-state index is 14.6. The lowest BCUT2D eigenvalue weighted by atomic mass is 9.90. The number of esters is 1.